The van der Waals surface area contributed by atoms with Gasteiger partial charge in [0.2, 0.25) is 0 Å². The Morgan fingerprint density at radius 2 is 2.06 bits per heavy atom. The molecule has 0 atom stereocenters. The number of hydrogen-bond donors (Lipinski definition) is 2. The summed E-state index contributed by atoms with van der Waals surface area (Å²) in [5.41, 5.74) is 0.206. The summed E-state index contributed by atoms with van der Waals surface area (Å²) in [4.78, 5) is 0. The van der Waals surface area contributed by atoms with E-state index in [-0.39, 0.29) is 17.6 Å². The molecule has 16 heavy (non-hydrogen) atoms. The molecule has 1 aromatic carbocycles. The summed E-state index contributed by atoms with van der Waals surface area (Å²) in [7, 11) is -1.63. The maximum Gasteiger partial charge on any atom is 0.488 e. The largest absolute Gasteiger partial charge is 0.488 e. The molecule has 0 aromatic heterocycles. The zero-order chi connectivity index (χ0) is 12.2. The molecule has 0 aliphatic rings. The van der Waals surface area contributed by atoms with Crippen LogP contribution < -0.4 is 10.2 Å². The van der Waals surface area contributed by atoms with E-state index in [1.807, 2.05) is 0 Å². The van der Waals surface area contributed by atoms with Crippen LogP contribution in [-0.4, -0.2) is 29.7 Å². The Morgan fingerprint density at radius 3 is 2.62 bits per heavy atom. The van der Waals surface area contributed by atoms with Gasteiger partial charge in [0.25, 0.3) is 5.92 Å². The highest BCUT2D eigenvalue weighted by atomic mass is 19.3. The molecule has 0 heterocycles. The van der Waals surface area contributed by atoms with Crippen molar-refractivity contribution in [3.63, 3.8) is 0 Å². The molecule has 0 spiro atoms. The van der Waals surface area contributed by atoms with Crippen LogP contribution in [0.4, 0.5) is 8.78 Å². The van der Waals surface area contributed by atoms with E-state index in [9.17, 15) is 8.78 Å². The Hall–Kier alpha value is -1.14. The van der Waals surface area contributed by atoms with Crippen molar-refractivity contribution in [3.8, 4) is 5.75 Å². The fourth-order valence-electron chi connectivity index (χ4n) is 1.06. The number of halogens is 2. The summed E-state index contributed by atoms with van der Waals surface area (Å²) in [5, 5.41) is 17.7. The lowest BCUT2D eigenvalue weighted by Gasteiger charge is -2.15. The Balaban J connectivity index is 2.64. The van der Waals surface area contributed by atoms with Crippen LogP contribution in [-0.2, 0) is 0 Å². The molecule has 0 fully saturated rings. The molecule has 6 heteroatoms. The van der Waals surface area contributed by atoms with E-state index in [1.165, 1.54) is 31.2 Å². The third kappa shape index (κ3) is 3.79. The second kappa shape index (κ2) is 5.27. The zero-order valence-corrected chi connectivity index (χ0v) is 8.86. The topological polar surface area (TPSA) is 49.7 Å². The lowest BCUT2D eigenvalue weighted by Crippen LogP contribution is -2.30. The van der Waals surface area contributed by atoms with Gasteiger partial charge in [-0.2, -0.15) is 0 Å². The Bertz CT molecular complexity index is 345. The minimum absolute atomic E-state index is 0.193. The summed E-state index contributed by atoms with van der Waals surface area (Å²) in [6.45, 7) is 0.658. The third-order valence-electron chi connectivity index (χ3n) is 2.12. The lowest BCUT2D eigenvalue weighted by molar-refractivity contribution is -0.0436. The first kappa shape index (κ1) is 12.9. The average molecular weight is 230 g/mol. The molecule has 0 saturated carbocycles. The smallest absolute Gasteiger partial charge is 0.487 e. The van der Waals surface area contributed by atoms with Gasteiger partial charge in [-0.1, -0.05) is 19.1 Å². The van der Waals surface area contributed by atoms with Gasteiger partial charge in [-0.25, -0.2) is 8.78 Å². The van der Waals surface area contributed by atoms with Crippen molar-refractivity contribution in [1.82, 2.24) is 0 Å². The van der Waals surface area contributed by atoms with Crippen LogP contribution in [0.25, 0.3) is 0 Å². The highest BCUT2D eigenvalue weighted by molar-refractivity contribution is 6.58. The molecule has 0 amide bonds. The summed E-state index contributed by atoms with van der Waals surface area (Å²) >= 11 is 0. The molecule has 88 valence electrons. The van der Waals surface area contributed by atoms with E-state index in [4.69, 9.17) is 14.8 Å². The second-order valence-corrected chi connectivity index (χ2v) is 3.44. The number of alkyl halides is 2. The number of hydrogen-bond acceptors (Lipinski definition) is 3. The van der Waals surface area contributed by atoms with Crippen LogP contribution in [0.15, 0.2) is 24.3 Å². The molecule has 0 aliphatic carbocycles. The van der Waals surface area contributed by atoms with Crippen LogP contribution in [0.2, 0.25) is 0 Å². The van der Waals surface area contributed by atoms with Crippen LogP contribution in [0.1, 0.15) is 13.3 Å². The van der Waals surface area contributed by atoms with Gasteiger partial charge in [0.05, 0.1) is 0 Å². The van der Waals surface area contributed by atoms with Crippen molar-refractivity contribution in [1.29, 1.82) is 0 Å². The van der Waals surface area contributed by atoms with Gasteiger partial charge in [0, 0.05) is 6.42 Å². The Kier molecular flexibility index (Phi) is 4.26. The number of ether oxygens (including phenoxy) is 1. The average Bonchev–Trinajstić information content (AvgIpc) is 2.27. The molecule has 1 rings (SSSR count). The zero-order valence-electron chi connectivity index (χ0n) is 8.86. The van der Waals surface area contributed by atoms with Crippen molar-refractivity contribution in [2.24, 2.45) is 0 Å². The van der Waals surface area contributed by atoms with E-state index in [1.54, 1.807) is 0 Å². The summed E-state index contributed by atoms with van der Waals surface area (Å²) in [5.74, 6) is -2.67. The summed E-state index contributed by atoms with van der Waals surface area (Å²) in [6, 6.07) is 5.78. The molecule has 0 radical (unpaired) electrons. The molecule has 0 saturated heterocycles. The SMILES string of the molecule is CCC(F)(F)COc1cccc(B(O)O)c1. The quantitative estimate of drug-likeness (QED) is 0.735. The molecular formula is C10H13BF2O3. The minimum atomic E-state index is -2.87. The summed E-state index contributed by atoms with van der Waals surface area (Å²) in [6.07, 6.45) is -0.296. The van der Waals surface area contributed by atoms with E-state index in [0.29, 0.717) is 0 Å². The molecule has 0 bridgehead atoms. The normalized spacial score (nSPS) is 11.3. The number of rotatable bonds is 5. The van der Waals surface area contributed by atoms with Crippen LogP contribution in [0.5, 0.6) is 5.75 Å². The van der Waals surface area contributed by atoms with Crippen LogP contribution in [0.3, 0.4) is 0 Å². The van der Waals surface area contributed by atoms with E-state index < -0.39 is 19.6 Å². The molecule has 2 N–H and O–H groups in total. The Morgan fingerprint density at radius 1 is 1.38 bits per heavy atom. The first-order chi connectivity index (χ1) is 7.44. The fourth-order valence-corrected chi connectivity index (χ4v) is 1.06. The van der Waals surface area contributed by atoms with Gasteiger partial charge in [0.1, 0.15) is 5.75 Å². The van der Waals surface area contributed by atoms with Crippen molar-refractivity contribution < 1.29 is 23.6 Å². The first-order valence-corrected chi connectivity index (χ1v) is 4.91. The van der Waals surface area contributed by atoms with Crippen LogP contribution in [0, 0.1) is 0 Å². The van der Waals surface area contributed by atoms with Crippen LogP contribution >= 0.6 is 0 Å². The molecular weight excluding hydrogens is 217 g/mol. The standard InChI is InChI=1S/C10H13BF2O3/c1-2-10(12,13)7-16-9-5-3-4-8(6-9)11(14)15/h3-6,14-15H,2,7H2,1H3. The van der Waals surface area contributed by atoms with Gasteiger partial charge in [0.15, 0.2) is 6.61 Å². The van der Waals surface area contributed by atoms with Crippen molar-refractivity contribution >= 4 is 12.6 Å². The predicted molar refractivity (Wildman–Crippen MR) is 57.0 cm³/mol. The van der Waals surface area contributed by atoms with Crippen molar-refractivity contribution in [2.75, 3.05) is 6.61 Å². The molecule has 0 aliphatic heterocycles. The first-order valence-electron chi connectivity index (χ1n) is 4.91. The Labute approximate surface area is 92.8 Å². The van der Waals surface area contributed by atoms with Crippen molar-refractivity contribution in [3.05, 3.63) is 24.3 Å². The summed E-state index contributed by atoms with van der Waals surface area (Å²) < 4.78 is 30.6. The maximum absolute atomic E-state index is 12.9. The van der Waals surface area contributed by atoms with Gasteiger partial charge in [-0.15, -0.1) is 0 Å². The predicted octanol–water partition coefficient (Wildman–Crippen LogP) is 0.790. The monoisotopic (exact) mass is 230 g/mol. The van der Waals surface area contributed by atoms with Gasteiger partial charge < -0.3 is 14.8 Å². The van der Waals surface area contributed by atoms with Gasteiger partial charge in [-0.3, -0.25) is 0 Å². The third-order valence-corrected chi connectivity index (χ3v) is 2.12. The second-order valence-electron chi connectivity index (χ2n) is 3.44. The lowest BCUT2D eigenvalue weighted by atomic mass is 9.80. The highest BCUT2D eigenvalue weighted by Gasteiger charge is 2.27. The van der Waals surface area contributed by atoms with E-state index >= 15 is 0 Å². The van der Waals surface area contributed by atoms with E-state index in [2.05, 4.69) is 0 Å². The maximum atomic E-state index is 12.9. The number of benzene rings is 1. The molecule has 3 nitrogen and oxygen atoms in total. The van der Waals surface area contributed by atoms with E-state index in [0.717, 1.165) is 0 Å². The fraction of sp³-hybridized carbons (Fsp3) is 0.400. The highest BCUT2D eigenvalue weighted by Crippen LogP contribution is 2.19. The minimum Gasteiger partial charge on any atom is -0.487 e. The van der Waals surface area contributed by atoms with Gasteiger partial charge >= 0.3 is 7.12 Å². The van der Waals surface area contributed by atoms with Gasteiger partial charge in [-0.05, 0) is 17.6 Å². The molecule has 1 aromatic rings. The van der Waals surface area contributed by atoms with Crippen molar-refractivity contribution in [2.45, 2.75) is 19.3 Å². The molecule has 0 unspecified atom stereocenters.